The Bertz CT molecular complexity index is 503. The Balaban J connectivity index is 0.00000144. The number of aromatic nitrogens is 3. The van der Waals surface area contributed by atoms with Gasteiger partial charge in [0, 0.05) is 22.4 Å². The summed E-state index contributed by atoms with van der Waals surface area (Å²) in [6.07, 6.45) is 0. The molecule has 1 N–H and O–H groups in total. The molecule has 17 heavy (non-hydrogen) atoms. The van der Waals surface area contributed by atoms with Gasteiger partial charge in [-0.3, -0.25) is 0 Å². The molecule has 1 radical (unpaired) electrons. The van der Waals surface area contributed by atoms with Crippen LogP contribution in [-0.4, -0.2) is 15.0 Å². The third-order valence-corrected chi connectivity index (χ3v) is 2.37. The summed E-state index contributed by atoms with van der Waals surface area (Å²) in [7, 11) is 0. The molecule has 0 amide bonds. The summed E-state index contributed by atoms with van der Waals surface area (Å²) in [5, 5.41) is 3.49. The van der Waals surface area contributed by atoms with E-state index < -0.39 is 0 Å². The molecule has 0 saturated heterocycles. The first-order valence-electron chi connectivity index (χ1n) is 4.24. The van der Waals surface area contributed by atoms with Crippen molar-refractivity contribution in [3.05, 3.63) is 39.9 Å². The normalized spacial score (nSPS) is 9.59. The van der Waals surface area contributed by atoms with Crippen molar-refractivity contribution in [1.29, 1.82) is 0 Å². The Labute approximate surface area is 128 Å². The van der Waals surface area contributed by atoms with Crippen LogP contribution >= 0.6 is 34.8 Å². The number of anilines is 2. The van der Waals surface area contributed by atoms with Gasteiger partial charge in [-0.15, -0.1) is 0 Å². The Morgan fingerprint density at radius 2 is 1.47 bits per heavy atom. The van der Waals surface area contributed by atoms with Gasteiger partial charge in [-0.25, -0.2) is 0 Å². The maximum atomic E-state index is 5.95. The Hall–Kier alpha value is -0.360. The number of hydrogen-bond acceptors (Lipinski definition) is 4. The number of halogens is 3. The van der Waals surface area contributed by atoms with Crippen LogP contribution in [0.25, 0.3) is 0 Å². The van der Waals surface area contributed by atoms with Crippen LogP contribution in [0.2, 0.25) is 15.6 Å². The van der Waals surface area contributed by atoms with Gasteiger partial charge in [0.2, 0.25) is 16.5 Å². The maximum absolute atomic E-state index is 5.95. The van der Waals surface area contributed by atoms with E-state index in [1.54, 1.807) is 12.1 Å². The van der Waals surface area contributed by atoms with E-state index >= 15 is 0 Å². The summed E-state index contributed by atoms with van der Waals surface area (Å²) < 4.78 is 0. The standard InChI is InChI=1S/C9H5Cl3N4.Ag/c10-5-3-1-2-4-6(5)13-9-15-7(11)14-8(12)16-9;/h1-4H,(H,13,14,15,16);. The number of nitrogens with one attached hydrogen (secondary N) is 1. The SMILES string of the molecule is Clc1nc(Cl)nc(Nc2ccccc2Cl)n1.[Ag]. The number of benzene rings is 1. The van der Waals surface area contributed by atoms with Gasteiger partial charge in [0.25, 0.3) is 0 Å². The summed E-state index contributed by atoms with van der Waals surface area (Å²) in [6.45, 7) is 0. The second kappa shape index (κ2) is 6.54. The molecule has 0 unspecified atom stereocenters. The average molecular weight is 383 g/mol. The molecular weight excluding hydrogens is 378 g/mol. The third-order valence-electron chi connectivity index (χ3n) is 1.70. The van der Waals surface area contributed by atoms with Gasteiger partial charge in [0.15, 0.2) is 0 Å². The van der Waals surface area contributed by atoms with Crippen molar-refractivity contribution in [1.82, 2.24) is 15.0 Å². The van der Waals surface area contributed by atoms with Gasteiger partial charge in [-0.05, 0) is 35.3 Å². The number of rotatable bonds is 2. The van der Waals surface area contributed by atoms with Crippen LogP contribution in [0, 0.1) is 0 Å². The molecule has 93 valence electrons. The quantitative estimate of drug-likeness (QED) is 0.806. The monoisotopic (exact) mass is 381 g/mol. The van der Waals surface area contributed by atoms with Crippen molar-refractivity contribution >= 4 is 46.4 Å². The number of nitrogens with zero attached hydrogens (tertiary/aromatic N) is 3. The average Bonchev–Trinajstić information content (AvgIpc) is 2.20. The van der Waals surface area contributed by atoms with Crippen molar-refractivity contribution in [2.24, 2.45) is 0 Å². The van der Waals surface area contributed by atoms with Crippen LogP contribution in [0.4, 0.5) is 11.6 Å². The molecule has 1 heterocycles. The smallest absolute Gasteiger partial charge is 0.232 e. The van der Waals surface area contributed by atoms with E-state index in [9.17, 15) is 0 Å². The van der Waals surface area contributed by atoms with Gasteiger partial charge >= 0.3 is 0 Å². The minimum absolute atomic E-state index is 0. The zero-order valence-corrected chi connectivity index (χ0v) is 11.8. The molecule has 0 bridgehead atoms. The molecule has 2 aromatic rings. The zero-order chi connectivity index (χ0) is 11.5. The molecule has 1 aromatic heterocycles. The Morgan fingerprint density at radius 1 is 0.882 bits per heavy atom. The van der Waals surface area contributed by atoms with Crippen molar-refractivity contribution in [2.75, 3.05) is 5.32 Å². The van der Waals surface area contributed by atoms with Crippen molar-refractivity contribution in [3.63, 3.8) is 0 Å². The van der Waals surface area contributed by atoms with Crippen LogP contribution in [-0.2, 0) is 22.4 Å². The molecule has 0 spiro atoms. The van der Waals surface area contributed by atoms with E-state index in [1.807, 2.05) is 12.1 Å². The summed E-state index contributed by atoms with van der Waals surface area (Å²) >= 11 is 17.2. The molecular formula is C9H5AgCl3N4. The van der Waals surface area contributed by atoms with Gasteiger partial charge in [-0.2, -0.15) is 15.0 Å². The maximum Gasteiger partial charge on any atom is 0.232 e. The largest absolute Gasteiger partial charge is 0.323 e. The molecule has 0 fully saturated rings. The predicted molar refractivity (Wildman–Crippen MR) is 64.6 cm³/mol. The molecule has 8 heteroatoms. The van der Waals surface area contributed by atoms with Crippen LogP contribution in [0.5, 0.6) is 0 Å². The molecule has 0 aliphatic carbocycles. The third kappa shape index (κ3) is 4.10. The molecule has 2 rings (SSSR count). The molecule has 0 atom stereocenters. The minimum atomic E-state index is 0. The molecule has 0 aliphatic heterocycles. The van der Waals surface area contributed by atoms with E-state index in [1.165, 1.54) is 0 Å². The molecule has 0 saturated carbocycles. The van der Waals surface area contributed by atoms with Gasteiger partial charge in [-0.1, -0.05) is 23.7 Å². The van der Waals surface area contributed by atoms with Crippen molar-refractivity contribution in [3.8, 4) is 0 Å². The topological polar surface area (TPSA) is 50.7 Å². The van der Waals surface area contributed by atoms with Crippen LogP contribution in [0.15, 0.2) is 24.3 Å². The van der Waals surface area contributed by atoms with Gasteiger partial charge < -0.3 is 5.32 Å². The van der Waals surface area contributed by atoms with E-state index in [0.717, 1.165) is 0 Å². The summed E-state index contributed by atoms with van der Waals surface area (Å²) in [5.74, 6) is 0.248. The first kappa shape index (κ1) is 14.7. The Morgan fingerprint density at radius 3 is 2.06 bits per heavy atom. The first-order chi connectivity index (χ1) is 7.65. The number of hydrogen-bond donors (Lipinski definition) is 1. The van der Waals surface area contributed by atoms with Crippen LogP contribution < -0.4 is 5.32 Å². The second-order valence-electron chi connectivity index (χ2n) is 2.80. The first-order valence-corrected chi connectivity index (χ1v) is 5.37. The fourth-order valence-corrected chi connectivity index (χ4v) is 1.61. The number of para-hydroxylation sites is 1. The fraction of sp³-hybridized carbons (Fsp3) is 0. The molecule has 1 aromatic carbocycles. The fourth-order valence-electron chi connectivity index (χ4n) is 1.06. The zero-order valence-electron chi connectivity index (χ0n) is 8.09. The van der Waals surface area contributed by atoms with Crippen LogP contribution in [0.1, 0.15) is 0 Å². The van der Waals surface area contributed by atoms with Crippen molar-refractivity contribution < 1.29 is 22.4 Å². The minimum Gasteiger partial charge on any atom is -0.323 e. The Kier molecular flexibility index (Phi) is 5.66. The van der Waals surface area contributed by atoms with Crippen molar-refractivity contribution in [2.45, 2.75) is 0 Å². The van der Waals surface area contributed by atoms with E-state index in [2.05, 4.69) is 20.3 Å². The molecule has 4 nitrogen and oxygen atoms in total. The predicted octanol–water partition coefficient (Wildman–Crippen LogP) is 3.57. The van der Waals surface area contributed by atoms with E-state index in [4.69, 9.17) is 34.8 Å². The summed E-state index contributed by atoms with van der Waals surface area (Å²) in [5.41, 5.74) is 0.669. The second-order valence-corrected chi connectivity index (χ2v) is 3.89. The molecule has 0 aliphatic rings. The van der Waals surface area contributed by atoms with Gasteiger partial charge in [0.1, 0.15) is 0 Å². The van der Waals surface area contributed by atoms with E-state index in [0.29, 0.717) is 10.7 Å². The van der Waals surface area contributed by atoms with E-state index in [-0.39, 0.29) is 38.9 Å². The van der Waals surface area contributed by atoms with Gasteiger partial charge in [0.05, 0.1) is 10.7 Å². The van der Waals surface area contributed by atoms with Crippen LogP contribution in [0.3, 0.4) is 0 Å². The summed E-state index contributed by atoms with van der Waals surface area (Å²) in [6, 6.07) is 7.18. The summed E-state index contributed by atoms with van der Waals surface area (Å²) in [4.78, 5) is 11.4.